The van der Waals surface area contributed by atoms with E-state index in [0.29, 0.717) is 12.5 Å². The van der Waals surface area contributed by atoms with Gasteiger partial charge in [0.1, 0.15) is 18.8 Å². The van der Waals surface area contributed by atoms with Gasteiger partial charge in [0, 0.05) is 6.92 Å². The van der Waals surface area contributed by atoms with Crippen molar-refractivity contribution in [3.05, 3.63) is 0 Å². The van der Waals surface area contributed by atoms with Crippen molar-refractivity contribution in [3.63, 3.8) is 0 Å². The van der Waals surface area contributed by atoms with Gasteiger partial charge in [-0.1, -0.05) is 0 Å². The minimum Gasteiger partial charge on any atom is -0.479 e. The number of aliphatic hydroxyl groups is 2. The maximum absolute atomic E-state index is 9.04. The summed E-state index contributed by atoms with van der Waals surface area (Å²) in [7, 11) is 0. The van der Waals surface area contributed by atoms with E-state index in [1.165, 1.54) is 0 Å². The fourth-order valence-electron chi connectivity index (χ4n) is 0.833. The van der Waals surface area contributed by atoms with Crippen LogP contribution in [0.1, 0.15) is 6.92 Å². The normalized spacial score (nSPS) is 27.5. The van der Waals surface area contributed by atoms with Crippen LogP contribution in [0.15, 0.2) is 4.99 Å². The molecule has 1 unspecified atom stereocenters. The summed E-state index contributed by atoms with van der Waals surface area (Å²) < 4.78 is 4.97. The first-order chi connectivity index (χ1) is 4.74. The summed E-state index contributed by atoms with van der Waals surface area (Å²) in [5.41, 5.74) is 0. The molecule has 0 saturated heterocycles. The summed E-state index contributed by atoms with van der Waals surface area (Å²) in [5, 5.41) is 17.5. The van der Waals surface area contributed by atoms with E-state index in [9.17, 15) is 0 Å². The predicted octanol–water partition coefficient (Wildman–Crippen LogP) is -0.843. The monoisotopic (exact) mass is 145 g/mol. The van der Waals surface area contributed by atoms with E-state index in [2.05, 4.69) is 4.99 Å². The summed E-state index contributed by atoms with van der Waals surface area (Å²) in [6.07, 6.45) is -0.780. The second-order valence-electron chi connectivity index (χ2n) is 2.28. The van der Waals surface area contributed by atoms with Crippen molar-refractivity contribution in [2.24, 2.45) is 4.99 Å². The van der Waals surface area contributed by atoms with Gasteiger partial charge >= 0.3 is 0 Å². The van der Waals surface area contributed by atoms with E-state index in [0.717, 1.165) is 0 Å². The van der Waals surface area contributed by atoms with Crippen molar-refractivity contribution in [1.82, 2.24) is 0 Å². The Labute approximate surface area is 59.2 Å². The molecule has 1 aliphatic rings. The molecular weight excluding hydrogens is 134 g/mol. The molecule has 0 bridgehead atoms. The molecule has 10 heavy (non-hydrogen) atoms. The summed E-state index contributed by atoms with van der Waals surface area (Å²) in [6.45, 7) is 1.85. The second-order valence-corrected chi connectivity index (χ2v) is 2.28. The Morgan fingerprint density at radius 3 is 3.00 bits per heavy atom. The van der Waals surface area contributed by atoms with Gasteiger partial charge in [-0.05, 0) is 0 Å². The Bertz CT molecular complexity index is 146. The first-order valence-corrected chi connectivity index (χ1v) is 3.20. The van der Waals surface area contributed by atoms with Gasteiger partial charge in [0.25, 0.3) is 0 Å². The molecule has 0 amide bonds. The smallest absolute Gasteiger partial charge is 0.180 e. The highest BCUT2D eigenvalue weighted by molar-refractivity contribution is 5.74. The average molecular weight is 145 g/mol. The maximum atomic E-state index is 9.04. The third kappa shape index (κ3) is 1.46. The van der Waals surface area contributed by atoms with Crippen molar-refractivity contribution in [2.75, 3.05) is 13.2 Å². The number of aliphatic imine (C=N–C) groups is 1. The molecule has 4 heteroatoms. The predicted molar refractivity (Wildman–Crippen MR) is 35.9 cm³/mol. The van der Waals surface area contributed by atoms with E-state index in [1.54, 1.807) is 6.92 Å². The topological polar surface area (TPSA) is 62.1 Å². The number of nitrogens with zero attached hydrogens (tertiary/aromatic N) is 1. The molecule has 2 atom stereocenters. The highest BCUT2D eigenvalue weighted by Gasteiger charge is 2.23. The lowest BCUT2D eigenvalue weighted by Crippen LogP contribution is -2.28. The molecule has 0 saturated carbocycles. The summed E-state index contributed by atoms with van der Waals surface area (Å²) in [4.78, 5) is 3.94. The molecule has 0 radical (unpaired) electrons. The van der Waals surface area contributed by atoms with Gasteiger partial charge in [0.15, 0.2) is 5.90 Å². The quantitative estimate of drug-likeness (QED) is 0.532. The van der Waals surface area contributed by atoms with Crippen molar-refractivity contribution < 1.29 is 14.9 Å². The minimum absolute atomic E-state index is 0.259. The van der Waals surface area contributed by atoms with Gasteiger partial charge in [-0.15, -0.1) is 0 Å². The van der Waals surface area contributed by atoms with Gasteiger partial charge in [-0.2, -0.15) is 0 Å². The third-order valence-electron chi connectivity index (χ3n) is 1.44. The van der Waals surface area contributed by atoms with Gasteiger partial charge in [0.2, 0.25) is 0 Å². The number of rotatable bonds is 2. The van der Waals surface area contributed by atoms with E-state index in [-0.39, 0.29) is 12.6 Å². The van der Waals surface area contributed by atoms with Gasteiger partial charge in [0.05, 0.1) is 6.61 Å². The number of aliphatic hydroxyl groups excluding tert-OH is 2. The molecule has 0 spiro atoms. The van der Waals surface area contributed by atoms with Crippen LogP contribution in [-0.4, -0.2) is 41.5 Å². The Kier molecular flexibility index (Phi) is 2.24. The molecule has 58 valence electrons. The molecule has 0 aromatic rings. The first-order valence-electron chi connectivity index (χ1n) is 3.20. The average Bonchev–Trinajstić information content (AvgIpc) is 2.34. The van der Waals surface area contributed by atoms with Crippen molar-refractivity contribution in [3.8, 4) is 0 Å². The highest BCUT2D eigenvalue weighted by atomic mass is 16.5. The van der Waals surface area contributed by atoms with Gasteiger partial charge in [-0.25, -0.2) is 4.99 Å². The number of hydrogen-bond acceptors (Lipinski definition) is 4. The second kappa shape index (κ2) is 2.98. The van der Waals surface area contributed by atoms with Crippen LogP contribution in [0.5, 0.6) is 0 Å². The van der Waals surface area contributed by atoms with Crippen molar-refractivity contribution >= 4 is 5.90 Å². The minimum atomic E-state index is -0.780. The van der Waals surface area contributed by atoms with Crippen LogP contribution in [-0.2, 0) is 4.74 Å². The van der Waals surface area contributed by atoms with Crippen molar-refractivity contribution in [2.45, 2.75) is 19.1 Å². The number of hydrogen-bond donors (Lipinski definition) is 2. The molecule has 0 aromatic heterocycles. The SMILES string of the molecule is CC1=N[C@H](C(O)CO)CO1. The molecular formula is C6H11NO3. The van der Waals surface area contributed by atoms with E-state index in [1.807, 2.05) is 0 Å². The lowest BCUT2D eigenvalue weighted by molar-refractivity contribution is 0.0666. The van der Waals surface area contributed by atoms with Crippen LogP contribution in [0.25, 0.3) is 0 Å². The Balaban J connectivity index is 2.44. The maximum Gasteiger partial charge on any atom is 0.180 e. The number of ether oxygens (including phenoxy) is 1. The lowest BCUT2D eigenvalue weighted by Gasteiger charge is -2.09. The zero-order valence-corrected chi connectivity index (χ0v) is 5.82. The summed E-state index contributed by atoms with van der Waals surface area (Å²) in [5.74, 6) is 0.581. The lowest BCUT2D eigenvalue weighted by atomic mass is 10.2. The molecule has 0 aromatic carbocycles. The molecule has 4 nitrogen and oxygen atoms in total. The summed E-state index contributed by atoms with van der Waals surface area (Å²) in [6, 6.07) is -0.273. The molecule has 1 rings (SSSR count). The van der Waals surface area contributed by atoms with Crippen LogP contribution in [0.3, 0.4) is 0 Å². The molecule has 1 aliphatic heterocycles. The van der Waals surface area contributed by atoms with Gasteiger partial charge < -0.3 is 14.9 Å². The fraction of sp³-hybridized carbons (Fsp3) is 0.833. The molecule has 0 fully saturated rings. The first kappa shape index (κ1) is 7.50. The van der Waals surface area contributed by atoms with E-state index in [4.69, 9.17) is 14.9 Å². The van der Waals surface area contributed by atoms with Crippen LogP contribution >= 0.6 is 0 Å². The zero-order valence-electron chi connectivity index (χ0n) is 5.82. The highest BCUT2D eigenvalue weighted by Crippen LogP contribution is 2.07. The van der Waals surface area contributed by atoms with Crippen LogP contribution in [0, 0.1) is 0 Å². The summed E-state index contributed by atoms with van der Waals surface area (Å²) >= 11 is 0. The molecule has 0 aliphatic carbocycles. The molecule has 1 heterocycles. The largest absolute Gasteiger partial charge is 0.479 e. The van der Waals surface area contributed by atoms with E-state index < -0.39 is 6.10 Å². The Morgan fingerprint density at radius 2 is 2.60 bits per heavy atom. The van der Waals surface area contributed by atoms with Crippen LogP contribution < -0.4 is 0 Å². The Morgan fingerprint density at radius 1 is 1.90 bits per heavy atom. The zero-order chi connectivity index (χ0) is 7.56. The third-order valence-corrected chi connectivity index (χ3v) is 1.44. The standard InChI is InChI=1S/C6H11NO3/c1-4-7-5(3-10-4)6(9)2-8/h5-6,8-9H,2-3H2,1H3/t5-,6?/m0/s1. The van der Waals surface area contributed by atoms with Gasteiger partial charge in [-0.3, -0.25) is 0 Å². The Hall–Kier alpha value is -0.610. The molecule has 2 N–H and O–H groups in total. The van der Waals surface area contributed by atoms with Crippen molar-refractivity contribution in [1.29, 1.82) is 0 Å². The van der Waals surface area contributed by atoms with Crippen LogP contribution in [0.4, 0.5) is 0 Å². The van der Waals surface area contributed by atoms with Crippen LogP contribution in [0.2, 0.25) is 0 Å². The van der Waals surface area contributed by atoms with E-state index >= 15 is 0 Å². The fourth-order valence-corrected chi connectivity index (χ4v) is 0.833.